The number of likely N-dealkylation sites (tertiary alicyclic amines) is 1. The second-order valence-corrected chi connectivity index (χ2v) is 5.32. The lowest BCUT2D eigenvalue weighted by Crippen LogP contribution is -2.32. The number of rotatable bonds is 2. The lowest BCUT2D eigenvalue weighted by molar-refractivity contribution is 0.223. The molecule has 0 aliphatic carbocycles. The number of nitrogens with one attached hydrogen (secondary N) is 1. The fourth-order valence-corrected chi connectivity index (χ4v) is 3.11. The highest BCUT2D eigenvalue weighted by atomic mass is 15.1. The van der Waals surface area contributed by atoms with Gasteiger partial charge in [-0.1, -0.05) is 6.92 Å². The van der Waals surface area contributed by atoms with Gasteiger partial charge < -0.3 is 9.88 Å². The van der Waals surface area contributed by atoms with Crippen molar-refractivity contribution in [2.24, 2.45) is 0 Å². The Hall–Kier alpha value is -1.79. The average Bonchev–Trinajstić information content (AvgIpc) is 2.90. The van der Waals surface area contributed by atoms with E-state index in [4.69, 9.17) is 5.26 Å². The van der Waals surface area contributed by atoms with Crippen molar-refractivity contribution < 1.29 is 0 Å². The van der Waals surface area contributed by atoms with Gasteiger partial charge >= 0.3 is 0 Å². The SMILES string of the molecule is CCN1CCC(c2c[nH]c3ccc(C#N)cc23)CC1. The van der Waals surface area contributed by atoms with E-state index in [-0.39, 0.29) is 0 Å². The number of hydrogen-bond acceptors (Lipinski definition) is 2. The van der Waals surface area contributed by atoms with Crippen LogP contribution in [0, 0.1) is 11.3 Å². The molecule has 0 saturated carbocycles. The summed E-state index contributed by atoms with van der Waals surface area (Å²) in [5.74, 6) is 0.630. The highest BCUT2D eigenvalue weighted by molar-refractivity contribution is 5.85. The third-order valence-electron chi connectivity index (χ3n) is 4.32. The van der Waals surface area contributed by atoms with Gasteiger partial charge in [-0.2, -0.15) is 5.26 Å². The summed E-state index contributed by atoms with van der Waals surface area (Å²) in [5, 5.41) is 10.3. The number of nitrogens with zero attached hydrogens (tertiary/aromatic N) is 2. The van der Waals surface area contributed by atoms with Crippen molar-refractivity contribution in [2.45, 2.75) is 25.7 Å². The zero-order valence-electron chi connectivity index (χ0n) is 11.3. The highest BCUT2D eigenvalue weighted by Crippen LogP contribution is 2.33. The molecule has 2 aromatic rings. The lowest BCUT2D eigenvalue weighted by Gasteiger charge is -2.30. The van der Waals surface area contributed by atoms with Gasteiger partial charge in [0, 0.05) is 17.1 Å². The van der Waals surface area contributed by atoms with Crippen molar-refractivity contribution in [1.82, 2.24) is 9.88 Å². The molecule has 3 heteroatoms. The van der Waals surface area contributed by atoms with Crippen LogP contribution in [-0.2, 0) is 0 Å². The summed E-state index contributed by atoms with van der Waals surface area (Å²) in [6, 6.07) is 8.14. The van der Waals surface area contributed by atoms with E-state index in [1.54, 1.807) is 0 Å². The van der Waals surface area contributed by atoms with Crippen LogP contribution in [0.1, 0.15) is 36.8 Å². The quantitative estimate of drug-likeness (QED) is 0.892. The second-order valence-electron chi connectivity index (χ2n) is 5.32. The molecule has 1 aromatic carbocycles. The minimum absolute atomic E-state index is 0.630. The van der Waals surface area contributed by atoms with Gasteiger partial charge in [-0.15, -0.1) is 0 Å². The molecule has 0 radical (unpaired) electrons. The first-order valence-electron chi connectivity index (χ1n) is 7.05. The molecule has 2 heterocycles. The third-order valence-corrected chi connectivity index (χ3v) is 4.32. The molecule has 0 atom stereocenters. The van der Waals surface area contributed by atoms with Crippen molar-refractivity contribution in [2.75, 3.05) is 19.6 Å². The van der Waals surface area contributed by atoms with Gasteiger partial charge in [0.25, 0.3) is 0 Å². The van der Waals surface area contributed by atoms with Crippen molar-refractivity contribution >= 4 is 10.9 Å². The van der Waals surface area contributed by atoms with Gasteiger partial charge in [0.15, 0.2) is 0 Å². The molecule has 19 heavy (non-hydrogen) atoms. The van der Waals surface area contributed by atoms with E-state index in [0.717, 1.165) is 17.6 Å². The van der Waals surface area contributed by atoms with E-state index in [2.05, 4.69) is 29.1 Å². The molecule has 1 aliphatic heterocycles. The Morgan fingerprint density at radius 1 is 1.37 bits per heavy atom. The molecule has 3 nitrogen and oxygen atoms in total. The third kappa shape index (κ3) is 2.24. The van der Waals surface area contributed by atoms with Crippen LogP contribution < -0.4 is 0 Å². The van der Waals surface area contributed by atoms with E-state index >= 15 is 0 Å². The zero-order valence-corrected chi connectivity index (χ0v) is 11.3. The van der Waals surface area contributed by atoms with Crippen molar-refractivity contribution in [3.63, 3.8) is 0 Å². The number of piperidine rings is 1. The van der Waals surface area contributed by atoms with Crippen LogP contribution in [-0.4, -0.2) is 29.5 Å². The number of H-pyrrole nitrogens is 1. The van der Waals surface area contributed by atoms with Crippen LogP contribution in [0.25, 0.3) is 10.9 Å². The van der Waals surface area contributed by atoms with Crippen LogP contribution in [0.2, 0.25) is 0 Å². The van der Waals surface area contributed by atoms with Crippen molar-refractivity contribution in [1.29, 1.82) is 5.26 Å². The number of nitriles is 1. The monoisotopic (exact) mass is 253 g/mol. The number of aromatic amines is 1. The molecule has 1 N–H and O–H groups in total. The van der Waals surface area contributed by atoms with Gasteiger partial charge in [-0.05, 0) is 62.2 Å². The molecular weight excluding hydrogens is 234 g/mol. The Bertz CT molecular complexity index is 612. The molecule has 0 bridgehead atoms. The zero-order chi connectivity index (χ0) is 13.2. The summed E-state index contributed by atoms with van der Waals surface area (Å²) >= 11 is 0. The standard InChI is InChI=1S/C16H19N3/c1-2-19-7-5-13(6-8-19)15-11-18-16-4-3-12(10-17)9-14(15)16/h3-4,9,11,13,18H,2,5-8H2,1H3. The van der Waals surface area contributed by atoms with E-state index < -0.39 is 0 Å². The number of aromatic nitrogens is 1. The van der Waals surface area contributed by atoms with Crippen LogP contribution in [0.4, 0.5) is 0 Å². The van der Waals surface area contributed by atoms with Gasteiger partial charge in [0.05, 0.1) is 11.6 Å². The Balaban J connectivity index is 1.91. The number of fused-ring (bicyclic) bond motifs is 1. The maximum absolute atomic E-state index is 9.04. The molecule has 0 unspecified atom stereocenters. The van der Waals surface area contributed by atoms with Gasteiger partial charge in [-0.3, -0.25) is 0 Å². The molecule has 0 spiro atoms. The Labute approximate surface area is 113 Å². The minimum Gasteiger partial charge on any atom is -0.361 e. The second kappa shape index (κ2) is 5.07. The van der Waals surface area contributed by atoms with E-state index in [9.17, 15) is 0 Å². The summed E-state index contributed by atoms with van der Waals surface area (Å²) < 4.78 is 0. The summed E-state index contributed by atoms with van der Waals surface area (Å²) in [5.41, 5.74) is 3.29. The minimum atomic E-state index is 0.630. The van der Waals surface area contributed by atoms with E-state index in [1.165, 1.54) is 36.9 Å². The topological polar surface area (TPSA) is 42.8 Å². The van der Waals surface area contributed by atoms with Gasteiger partial charge in [0.1, 0.15) is 0 Å². The predicted octanol–water partition coefficient (Wildman–Crippen LogP) is 3.24. The largest absolute Gasteiger partial charge is 0.361 e. The molecule has 1 aliphatic rings. The first kappa shape index (κ1) is 12.3. The van der Waals surface area contributed by atoms with E-state index in [1.807, 2.05) is 18.2 Å². The molecular formula is C16H19N3. The molecule has 1 fully saturated rings. The van der Waals surface area contributed by atoms with Crippen LogP contribution in [0.5, 0.6) is 0 Å². The molecule has 1 saturated heterocycles. The summed E-state index contributed by atoms with van der Waals surface area (Å²) in [6.07, 6.45) is 4.58. The van der Waals surface area contributed by atoms with E-state index in [0.29, 0.717) is 5.92 Å². The first-order chi connectivity index (χ1) is 9.31. The lowest BCUT2D eigenvalue weighted by atomic mass is 9.89. The molecule has 0 amide bonds. The fourth-order valence-electron chi connectivity index (χ4n) is 3.11. The summed E-state index contributed by atoms with van der Waals surface area (Å²) in [7, 11) is 0. The summed E-state index contributed by atoms with van der Waals surface area (Å²) in [4.78, 5) is 5.84. The smallest absolute Gasteiger partial charge is 0.0991 e. The fraction of sp³-hybridized carbons (Fsp3) is 0.438. The highest BCUT2D eigenvalue weighted by Gasteiger charge is 2.21. The Kier molecular flexibility index (Phi) is 3.27. The Morgan fingerprint density at radius 3 is 2.84 bits per heavy atom. The Morgan fingerprint density at radius 2 is 2.16 bits per heavy atom. The average molecular weight is 253 g/mol. The van der Waals surface area contributed by atoms with Gasteiger partial charge in [-0.25, -0.2) is 0 Å². The number of hydrogen-bond donors (Lipinski definition) is 1. The maximum atomic E-state index is 9.04. The normalized spacial score (nSPS) is 17.7. The number of benzene rings is 1. The van der Waals surface area contributed by atoms with Gasteiger partial charge in [0.2, 0.25) is 0 Å². The van der Waals surface area contributed by atoms with Crippen LogP contribution >= 0.6 is 0 Å². The first-order valence-corrected chi connectivity index (χ1v) is 7.05. The maximum Gasteiger partial charge on any atom is 0.0991 e. The summed E-state index contributed by atoms with van der Waals surface area (Å²) in [6.45, 7) is 5.75. The molecule has 1 aromatic heterocycles. The van der Waals surface area contributed by atoms with Crippen LogP contribution in [0.3, 0.4) is 0 Å². The van der Waals surface area contributed by atoms with Crippen molar-refractivity contribution in [3.8, 4) is 6.07 Å². The van der Waals surface area contributed by atoms with Crippen molar-refractivity contribution in [3.05, 3.63) is 35.5 Å². The predicted molar refractivity (Wildman–Crippen MR) is 77.1 cm³/mol. The molecule has 98 valence electrons. The molecule has 3 rings (SSSR count). The van der Waals surface area contributed by atoms with Crippen LogP contribution in [0.15, 0.2) is 24.4 Å².